The topological polar surface area (TPSA) is 47.6 Å². The highest BCUT2D eigenvalue weighted by Crippen LogP contribution is 2.38. The fourth-order valence-corrected chi connectivity index (χ4v) is 2.51. The molecule has 4 nitrogen and oxygen atoms in total. The Morgan fingerprint density at radius 3 is 2.40 bits per heavy atom. The second-order valence-electron chi connectivity index (χ2n) is 5.78. The van der Waals surface area contributed by atoms with Crippen LogP contribution in [0.4, 0.5) is 5.69 Å². The SMILES string of the molecule is COCOc1c(C)cc(C)c(NC(=O)C(C)(C)C)c1Br. The molecule has 1 aromatic rings. The van der Waals surface area contributed by atoms with E-state index in [1.54, 1.807) is 7.11 Å². The lowest BCUT2D eigenvalue weighted by atomic mass is 9.95. The minimum absolute atomic E-state index is 0.0390. The zero-order valence-electron chi connectivity index (χ0n) is 12.9. The number of methoxy groups -OCH3 is 1. The third-order valence-electron chi connectivity index (χ3n) is 2.85. The van der Waals surface area contributed by atoms with Gasteiger partial charge in [-0.2, -0.15) is 0 Å². The maximum absolute atomic E-state index is 12.2. The summed E-state index contributed by atoms with van der Waals surface area (Å²) >= 11 is 3.51. The Hall–Kier alpha value is -1.07. The van der Waals surface area contributed by atoms with Gasteiger partial charge in [-0.25, -0.2) is 0 Å². The molecule has 0 atom stereocenters. The van der Waals surface area contributed by atoms with Gasteiger partial charge in [0.25, 0.3) is 0 Å². The van der Waals surface area contributed by atoms with Gasteiger partial charge in [0.1, 0.15) is 5.75 Å². The molecule has 1 rings (SSSR count). The lowest BCUT2D eigenvalue weighted by molar-refractivity contribution is -0.123. The molecule has 1 N–H and O–H groups in total. The lowest BCUT2D eigenvalue weighted by Crippen LogP contribution is -2.28. The Labute approximate surface area is 129 Å². The summed E-state index contributed by atoms with van der Waals surface area (Å²) in [4.78, 5) is 12.2. The molecule has 20 heavy (non-hydrogen) atoms. The molecule has 0 saturated carbocycles. The minimum atomic E-state index is -0.454. The van der Waals surface area contributed by atoms with Crippen LogP contribution in [-0.2, 0) is 9.53 Å². The van der Waals surface area contributed by atoms with E-state index >= 15 is 0 Å². The van der Waals surface area contributed by atoms with E-state index in [4.69, 9.17) is 9.47 Å². The van der Waals surface area contributed by atoms with Gasteiger partial charge in [-0.3, -0.25) is 4.79 Å². The summed E-state index contributed by atoms with van der Waals surface area (Å²) in [6.07, 6.45) is 0. The maximum Gasteiger partial charge on any atom is 0.229 e. The summed E-state index contributed by atoms with van der Waals surface area (Å²) in [5.41, 5.74) is 2.25. The molecule has 112 valence electrons. The average Bonchev–Trinajstić information content (AvgIpc) is 2.32. The van der Waals surface area contributed by atoms with Gasteiger partial charge >= 0.3 is 0 Å². The zero-order chi connectivity index (χ0) is 15.5. The first-order valence-corrected chi connectivity index (χ1v) is 7.20. The van der Waals surface area contributed by atoms with Gasteiger partial charge in [0.2, 0.25) is 5.91 Å². The molecule has 0 bridgehead atoms. The third kappa shape index (κ3) is 3.96. The van der Waals surface area contributed by atoms with Crippen LogP contribution < -0.4 is 10.1 Å². The molecule has 0 aromatic heterocycles. The zero-order valence-corrected chi connectivity index (χ0v) is 14.5. The van der Waals surface area contributed by atoms with E-state index < -0.39 is 5.41 Å². The van der Waals surface area contributed by atoms with Gasteiger partial charge in [-0.15, -0.1) is 0 Å². The number of hydrogen-bond acceptors (Lipinski definition) is 3. The van der Waals surface area contributed by atoms with Crippen molar-refractivity contribution in [3.8, 4) is 5.75 Å². The summed E-state index contributed by atoms with van der Waals surface area (Å²) < 4.78 is 11.2. The quantitative estimate of drug-likeness (QED) is 0.839. The van der Waals surface area contributed by atoms with Crippen molar-refractivity contribution < 1.29 is 14.3 Å². The molecular weight excluding hydrogens is 322 g/mol. The minimum Gasteiger partial charge on any atom is -0.466 e. The van der Waals surface area contributed by atoms with E-state index in [0.717, 1.165) is 21.3 Å². The predicted octanol–water partition coefficient (Wildman–Crippen LogP) is 4.03. The van der Waals surface area contributed by atoms with Crippen molar-refractivity contribution in [3.63, 3.8) is 0 Å². The number of carbonyl (C=O) groups is 1. The van der Waals surface area contributed by atoms with Crippen LogP contribution in [0.5, 0.6) is 5.75 Å². The first-order valence-electron chi connectivity index (χ1n) is 6.41. The molecule has 0 fully saturated rings. The second-order valence-corrected chi connectivity index (χ2v) is 6.58. The van der Waals surface area contributed by atoms with Crippen LogP contribution in [0.25, 0.3) is 0 Å². The van der Waals surface area contributed by atoms with E-state index in [9.17, 15) is 4.79 Å². The van der Waals surface area contributed by atoms with E-state index in [1.165, 1.54) is 0 Å². The van der Waals surface area contributed by atoms with E-state index in [2.05, 4.69) is 21.2 Å². The molecule has 0 heterocycles. The number of carbonyl (C=O) groups excluding carboxylic acids is 1. The van der Waals surface area contributed by atoms with Crippen molar-refractivity contribution in [1.82, 2.24) is 0 Å². The molecule has 5 heteroatoms. The number of rotatable bonds is 4. The number of amides is 1. The van der Waals surface area contributed by atoms with Crippen molar-refractivity contribution in [2.24, 2.45) is 5.41 Å². The van der Waals surface area contributed by atoms with Crippen LogP contribution in [0.2, 0.25) is 0 Å². The van der Waals surface area contributed by atoms with Crippen molar-refractivity contribution in [2.75, 3.05) is 19.2 Å². The standard InChI is InChI=1S/C15H22BrNO3/c1-9-7-10(2)13(20-8-19-6)11(16)12(9)17-14(18)15(3,4)5/h7H,8H2,1-6H3,(H,17,18). The fourth-order valence-electron chi connectivity index (χ4n) is 1.67. The van der Waals surface area contributed by atoms with Crippen molar-refractivity contribution in [1.29, 1.82) is 0 Å². The van der Waals surface area contributed by atoms with Crippen molar-refractivity contribution in [2.45, 2.75) is 34.6 Å². The molecule has 0 aliphatic heterocycles. The molecule has 0 aliphatic rings. The molecule has 0 unspecified atom stereocenters. The molecule has 0 saturated heterocycles. The second kappa shape index (κ2) is 6.59. The highest BCUT2D eigenvalue weighted by atomic mass is 79.9. The smallest absolute Gasteiger partial charge is 0.229 e. The molecule has 0 spiro atoms. The van der Waals surface area contributed by atoms with Crippen molar-refractivity contribution >= 4 is 27.5 Å². The van der Waals surface area contributed by atoms with Gasteiger partial charge in [-0.05, 0) is 40.9 Å². The molecule has 0 aliphatic carbocycles. The summed E-state index contributed by atoms with van der Waals surface area (Å²) in [5, 5.41) is 2.96. The Morgan fingerprint density at radius 1 is 1.30 bits per heavy atom. The van der Waals surface area contributed by atoms with E-state index in [0.29, 0.717) is 5.75 Å². The number of halogens is 1. The number of anilines is 1. The largest absolute Gasteiger partial charge is 0.466 e. The Bertz CT molecular complexity index is 507. The molecule has 1 amide bonds. The normalized spacial score (nSPS) is 11.3. The Balaban J connectivity index is 3.16. The van der Waals surface area contributed by atoms with Gasteiger partial charge in [0, 0.05) is 12.5 Å². The Kier molecular flexibility index (Phi) is 5.59. The van der Waals surface area contributed by atoms with Crippen LogP contribution >= 0.6 is 15.9 Å². The highest BCUT2D eigenvalue weighted by molar-refractivity contribution is 9.10. The predicted molar refractivity (Wildman–Crippen MR) is 84.2 cm³/mol. The number of ether oxygens (including phenoxy) is 2. The number of aryl methyl sites for hydroxylation is 2. The summed E-state index contributed by atoms with van der Waals surface area (Å²) in [5.74, 6) is 0.643. The summed E-state index contributed by atoms with van der Waals surface area (Å²) in [6.45, 7) is 9.70. The number of hydrogen-bond donors (Lipinski definition) is 1. The summed E-state index contributed by atoms with van der Waals surface area (Å²) in [6, 6.07) is 1.98. The number of nitrogens with one attached hydrogen (secondary N) is 1. The monoisotopic (exact) mass is 343 g/mol. The van der Waals surface area contributed by atoms with Crippen LogP contribution in [0.15, 0.2) is 10.5 Å². The highest BCUT2D eigenvalue weighted by Gasteiger charge is 2.24. The molecule has 0 radical (unpaired) electrons. The van der Waals surface area contributed by atoms with E-state index in [1.807, 2.05) is 40.7 Å². The van der Waals surface area contributed by atoms with Gasteiger partial charge < -0.3 is 14.8 Å². The van der Waals surface area contributed by atoms with Crippen molar-refractivity contribution in [3.05, 3.63) is 21.7 Å². The van der Waals surface area contributed by atoms with Gasteiger partial charge in [-0.1, -0.05) is 26.8 Å². The van der Waals surface area contributed by atoms with Crippen LogP contribution in [0, 0.1) is 19.3 Å². The lowest BCUT2D eigenvalue weighted by Gasteiger charge is -2.21. The van der Waals surface area contributed by atoms with E-state index in [-0.39, 0.29) is 12.7 Å². The van der Waals surface area contributed by atoms with Gasteiger partial charge in [0.15, 0.2) is 6.79 Å². The fraction of sp³-hybridized carbons (Fsp3) is 0.533. The van der Waals surface area contributed by atoms with Crippen LogP contribution in [0.1, 0.15) is 31.9 Å². The average molecular weight is 344 g/mol. The number of benzene rings is 1. The molecule has 1 aromatic carbocycles. The molecular formula is C15H22BrNO3. The third-order valence-corrected chi connectivity index (χ3v) is 3.60. The van der Waals surface area contributed by atoms with Crippen LogP contribution in [-0.4, -0.2) is 19.8 Å². The Morgan fingerprint density at radius 2 is 1.90 bits per heavy atom. The first kappa shape index (κ1) is 17.0. The summed E-state index contributed by atoms with van der Waals surface area (Å²) in [7, 11) is 1.57. The maximum atomic E-state index is 12.2. The van der Waals surface area contributed by atoms with Gasteiger partial charge in [0.05, 0.1) is 10.2 Å². The van der Waals surface area contributed by atoms with Crippen LogP contribution in [0.3, 0.4) is 0 Å². The first-order chi connectivity index (χ1) is 9.18.